The van der Waals surface area contributed by atoms with Crippen LogP contribution in [0.3, 0.4) is 0 Å². The summed E-state index contributed by atoms with van der Waals surface area (Å²) < 4.78 is 8.94. The van der Waals surface area contributed by atoms with E-state index in [9.17, 15) is 9.59 Å². The van der Waals surface area contributed by atoms with E-state index in [4.69, 9.17) is 9.72 Å². The standard InChI is InChI=1S/C23H23N5O3/c1-15-5-4-10-27(23(15)30)19-7-3-2-6-16(19)13-20-25-21-18(22(29)26-20)14-24-28(21)17-8-11-31-12-9-17/h2-7,10,14,17H,8-9,11-13H2,1H3,(H,25,26,29). The Kier molecular flexibility index (Phi) is 4.99. The second-order valence-electron chi connectivity index (χ2n) is 7.85. The molecular weight excluding hydrogens is 394 g/mol. The van der Waals surface area contributed by atoms with Crippen LogP contribution in [0.4, 0.5) is 0 Å². The Hall–Kier alpha value is -3.52. The van der Waals surface area contributed by atoms with E-state index in [2.05, 4.69) is 10.1 Å². The van der Waals surface area contributed by atoms with Crippen molar-refractivity contribution in [1.82, 2.24) is 24.3 Å². The van der Waals surface area contributed by atoms with Crippen LogP contribution in [0.15, 0.2) is 58.4 Å². The predicted octanol–water partition coefficient (Wildman–Crippen LogP) is 2.52. The Labute approximate surface area is 178 Å². The molecule has 1 saturated heterocycles. The van der Waals surface area contributed by atoms with Crippen molar-refractivity contribution in [3.8, 4) is 5.69 Å². The zero-order valence-electron chi connectivity index (χ0n) is 17.2. The number of aromatic amines is 1. The molecule has 0 unspecified atom stereocenters. The van der Waals surface area contributed by atoms with Crippen LogP contribution in [0.5, 0.6) is 0 Å². The van der Waals surface area contributed by atoms with E-state index in [1.54, 1.807) is 30.0 Å². The van der Waals surface area contributed by atoms with Crippen molar-refractivity contribution < 1.29 is 4.74 Å². The van der Waals surface area contributed by atoms with Gasteiger partial charge in [-0.3, -0.25) is 14.2 Å². The molecule has 1 fully saturated rings. The number of aromatic nitrogens is 5. The van der Waals surface area contributed by atoms with Gasteiger partial charge in [-0.2, -0.15) is 5.10 Å². The molecule has 8 heteroatoms. The van der Waals surface area contributed by atoms with Gasteiger partial charge in [-0.1, -0.05) is 24.3 Å². The Morgan fingerprint density at radius 3 is 2.77 bits per heavy atom. The lowest BCUT2D eigenvalue weighted by atomic mass is 10.1. The average Bonchev–Trinajstić information content (AvgIpc) is 3.21. The Morgan fingerprint density at radius 1 is 1.13 bits per heavy atom. The van der Waals surface area contributed by atoms with Crippen LogP contribution in [0.1, 0.15) is 35.8 Å². The van der Waals surface area contributed by atoms with Gasteiger partial charge < -0.3 is 9.72 Å². The van der Waals surface area contributed by atoms with E-state index in [-0.39, 0.29) is 17.2 Å². The summed E-state index contributed by atoms with van der Waals surface area (Å²) in [5.41, 5.74) is 2.67. The van der Waals surface area contributed by atoms with Gasteiger partial charge in [0.2, 0.25) is 0 Å². The van der Waals surface area contributed by atoms with Crippen LogP contribution < -0.4 is 11.1 Å². The van der Waals surface area contributed by atoms with Gasteiger partial charge in [-0.15, -0.1) is 0 Å². The van der Waals surface area contributed by atoms with E-state index < -0.39 is 0 Å². The summed E-state index contributed by atoms with van der Waals surface area (Å²) >= 11 is 0. The molecule has 5 rings (SSSR count). The number of para-hydroxylation sites is 1. The minimum absolute atomic E-state index is 0.0653. The lowest BCUT2D eigenvalue weighted by molar-refractivity contribution is 0.0673. The van der Waals surface area contributed by atoms with Gasteiger partial charge in [0.1, 0.15) is 11.2 Å². The third kappa shape index (κ3) is 3.59. The fourth-order valence-corrected chi connectivity index (χ4v) is 4.13. The molecule has 1 N–H and O–H groups in total. The maximum atomic E-state index is 12.7. The molecule has 0 radical (unpaired) electrons. The van der Waals surface area contributed by atoms with Crippen molar-refractivity contribution in [1.29, 1.82) is 0 Å². The number of aryl methyl sites for hydroxylation is 1. The van der Waals surface area contributed by atoms with Crippen molar-refractivity contribution >= 4 is 11.0 Å². The van der Waals surface area contributed by atoms with Crippen LogP contribution in [-0.4, -0.2) is 37.5 Å². The molecular formula is C23H23N5O3. The molecule has 1 aliphatic heterocycles. The topological polar surface area (TPSA) is 94.8 Å². The molecule has 31 heavy (non-hydrogen) atoms. The third-order valence-corrected chi connectivity index (χ3v) is 5.80. The van der Waals surface area contributed by atoms with E-state index in [1.807, 2.05) is 35.0 Å². The van der Waals surface area contributed by atoms with Crippen LogP contribution in [0, 0.1) is 6.92 Å². The maximum absolute atomic E-state index is 12.7. The number of rotatable bonds is 4. The maximum Gasteiger partial charge on any atom is 0.262 e. The minimum Gasteiger partial charge on any atom is -0.381 e. The summed E-state index contributed by atoms with van der Waals surface area (Å²) in [5.74, 6) is 0.541. The Morgan fingerprint density at radius 2 is 1.94 bits per heavy atom. The van der Waals surface area contributed by atoms with Gasteiger partial charge >= 0.3 is 0 Å². The Balaban J connectivity index is 1.57. The van der Waals surface area contributed by atoms with Gasteiger partial charge in [0.15, 0.2) is 5.65 Å². The first kappa shape index (κ1) is 19.4. The van der Waals surface area contributed by atoms with Crippen molar-refractivity contribution in [2.45, 2.75) is 32.2 Å². The third-order valence-electron chi connectivity index (χ3n) is 5.80. The summed E-state index contributed by atoms with van der Waals surface area (Å²) in [6.45, 7) is 3.16. The number of fused-ring (bicyclic) bond motifs is 1. The quantitative estimate of drug-likeness (QED) is 0.551. The molecule has 1 aliphatic rings. The molecule has 4 aromatic rings. The molecule has 0 amide bonds. The molecule has 0 spiro atoms. The number of hydrogen-bond donors (Lipinski definition) is 1. The second-order valence-corrected chi connectivity index (χ2v) is 7.85. The monoisotopic (exact) mass is 417 g/mol. The summed E-state index contributed by atoms with van der Waals surface area (Å²) in [4.78, 5) is 33.0. The molecule has 1 aromatic carbocycles. The number of ether oxygens (including phenoxy) is 1. The number of benzene rings is 1. The normalized spacial score (nSPS) is 14.9. The SMILES string of the molecule is Cc1cccn(-c2ccccc2Cc2nc3c(cnn3C3CCOCC3)c(=O)[nH]2)c1=O. The van der Waals surface area contributed by atoms with Gasteiger partial charge in [0, 0.05) is 31.4 Å². The van der Waals surface area contributed by atoms with Crippen molar-refractivity contribution in [2.75, 3.05) is 13.2 Å². The van der Waals surface area contributed by atoms with E-state index in [1.165, 1.54) is 0 Å². The number of nitrogens with one attached hydrogen (secondary N) is 1. The summed E-state index contributed by atoms with van der Waals surface area (Å²) in [6, 6.07) is 11.5. The molecule has 158 valence electrons. The Bertz CT molecular complexity index is 1360. The molecule has 0 bridgehead atoms. The highest BCUT2D eigenvalue weighted by atomic mass is 16.5. The van der Waals surface area contributed by atoms with Crippen molar-refractivity contribution in [2.24, 2.45) is 0 Å². The number of H-pyrrole nitrogens is 1. The average molecular weight is 417 g/mol. The van der Waals surface area contributed by atoms with Crippen LogP contribution in [-0.2, 0) is 11.2 Å². The summed E-state index contributed by atoms with van der Waals surface area (Å²) in [6.07, 6.45) is 5.43. The first-order valence-electron chi connectivity index (χ1n) is 10.4. The second kappa shape index (κ2) is 7.96. The van der Waals surface area contributed by atoms with Gasteiger partial charge in [-0.05, 0) is 37.5 Å². The van der Waals surface area contributed by atoms with Crippen LogP contribution in [0.2, 0.25) is 0 Å². The zero-order chi connectivity index (χ0) is 21.4. The molecule has 4 heterocycles. The molecule has 0 saturated carbocycles. The summed E-state index contributed by atoms with van der Waals surface area (Å²) in [5, 5.41) is 4.93. The van der Waals surface area contributed by atoms with E-state index >= 15 is 0 Å². The first-order valence-corrected chi connectivity index (χ1v) is 10.4. The van der Waals surface area contributed by atoms with Gasteiger partial charge in [0.05, 0.1) is 17.9 Å². The fourth-order valence-electron chi connectivity index (χ4n) is 4.13. The van der Waals surface area contributed by atoms with E-state index in [0.717, 1.165) is 24.1 Å². The molecule has 0 aliphatic carbocycles. The lowest BCUT2D eigenvalue weighted by Crippen LogP contribution is -2.22. The highest BCUT2D eigenvalue weighted by molar-refractivity contribution is 5.73. The first-order chi connectivity index (χ1) is 15.1. The van der Waals surface area contributed by atoms with Crippen LogP contribution >= 0.6 is 0 Å². The highest BCUT2D eigenvalue weighted by Crippen LogP contribution is 2.23. The van der Waals surface area contributed by atoms with Crippen molar-refractivity contribution in [3.63, 3.8) is 0 Å². The highest BCUT2D eigenvalue weighted by Gasteiger charge is 2.21. The molecule has 8 nitrogen and oxygen atoms in total. The predicted molar refractivity (Wildman–Crippen MR) is 117 cm³/mol. The number of pyridine rings is 1. The molecule has 0 atom stereocenters. The minimum atomic E-state index is -0.205. The number of hydrogen-bond acceptors (Lipinski definition) is 5. The fraction of sp³-hybridized carbons (Fsp3) is 0.304. The smallest absolute Gasteiger partial charge is 0.262 e. The van der Waals surface area contributed by atoms with E-state index in [0.29, 0.717) is 42.1 Å². The number of nitrogens with zero attached hydrogens (tertiary/aromatic N) is 4. The summed E-state index contributed by atoms with van der Waals surface area (Å²) in [7, 11) is 0. The molecule has 3 aromatic heterocycles. The lowest BCUT2D eigenvalue weighted by Gasteiger charge is -2.22. The van der Waals surface area contributed by atoms with Crippen molar-refractivity contribution in [3.05, 3.63) is 86.5 Å². The largest absolute Gasteiger partial charge is 0.381 e. The zero-order valence-corrected chi connectivity index (χ0v) is 17.2. The van der Waals surface area contributed by atoms with Gasteiger partial charge in [-0.25, -0.2) is 9.67 Å². The van der Waals surface area contributed by atoms with Crippen LogP contribution in [0.25, 0.3) is 16.7 Å². The van der Waals surface area contributed by atoms with Gasteiger partial charge in [0.25, 0.3) is 11.1 Å².